The number of methoxy groups -OCH3 is 1. The van der Waals surface area contributed by atoms with Gasteiger partial charge in [0.1, 0.15) is 0 Å². The lowest BCUT2D eigenvalue weighted by Crippen LogP contribution is -2.00. The maximum atomic E-state index is 10.2. The third-order valence-corrected chi connectivity index (χ3v) is 4.34. The smallest absolute Gasteiger partial charge is 0.0838 e. The van der Waals surface area contributed by atoms with Crippen molar-refractivity contribution in [3.8, 4) is 0 Å². The van der Waals surface area contributed by atoms with Gasteiger partial charge in [0, 0.05) is 18.4 Å². The van der Waals surface area contributed by atoms with E-state index in [0.29, 0.717) is 13.0 Å². The molecule has 2 aromatic rings. The molecular formula is C14H15BrO2S. The monoisotopic (exact) mass is 326 g/mol. The van der Waals surface area contributed by atoms with Gasteiger partial charge in [0.05, 0.1) is 16.5 Å². The first-order chi connectivity index (χ1) is 8.69. The molecular weight excluding hydrogens is 312 g/mol. The Hall–Kier alpha value is -0.680. The van der Waals surface area contributed by atoms with Gasteiger partial charge < -0.3 is 9.84 Å². The quantitative estimate of drug-likeness (QED) is 0.901. The minimum absolute atomic E-state index is 0.452. The second-order valence-corrected chi connectivity index (χ2v) is 6.65. The summed E-state index contributed by atoms with van der Waals surface area (Å²) in [5.41, 5.74) is 2.06. The molecule has 4 heteroatoms. The van der Waals surface area contributed by atoms with Crippen LogP contribution in [0.4, 0.5) is 0 Å². The van der Waals surface area contributed by atoms with Crippen LogP contribution in [0.5, 0.6) is 0 Å². The van der Waals surface area contributed by atoms with E-state index in [0.717, 1.165) is 14.9 Å². The van der Waals surface area contributed by atoms with Gasteiger partial charge in [-0.25, -0.2) is 0 Å². The third kappa shape index (κ3) is 3.65. The standard InChI is InChI=1S/C14H15BrO2S/c1-17-9-10-2-4-11(5-3-10)13(16)8-12-6-7-14(15)18-12/h2-7,13,16H,8-9H2,1H3. The molecule has 1 unspecified atom stereocenters. The van der Waals surface area contributed by atoms with E-state index < -0.39 is 6.10 Å². The Kier molecular flexibility index (Phi) is 4.95. The van der Waals surface area contributed by atoms with Gasteiger partial charge in [-0.3, -0.25) is 0 Å². The van der Waals surface area contributed by atoms with Gasteiger partial charge in [0.2, 0.25) is 0 Å². The zero-order valence-electron chi connectivity index (χ0n) is 10.1. The highest BCUT2D eigenvalue weighted by atomic mass is 79.9. The Labute approximate surface area is 119 Å². The molecule has 0 saturated heterocycles. The molecule has 0 fully saturated rings. The summed E-state index contributed by atoms with van der Waals surface area (Å²) in [5, 5.41) is 10.2. The van der Waals surface area contributed by atoms with Gasteiger partial charge in [-0.15, -0.1) is 11.3 Å². The summed E-state index contributed by atoms with van der Waals surface area (Å²) in [4.78, 5) is 1.18. The molecule has 0 radical (unpaired) electrons. The van der Waals surface area contributed by atoms with E-state index in [9.17, 15) is 5.11 Å². The summed E-state index contributed by atoms with van der Waals surface area (Å²) in [5.74, 6) is 0. The van der Waals surface area contributed by atoms with Crippen molar-refractivity contribution in [2.75, 3.05) is 7.11 Å². The highest BCUT2D eigenvalue weighted by Crippen LogP contribution is 2.27. The lowest BCUT2D eigenvalue weighted by atomic mass is 10.0. The molecule has 0 aliphatic heterocycles. The van der Waals surface area contributed by atoms with E-state index >= 15 is 0 Å². The summed E-state index contributed by atoms with van der Waals surface area (Å²) >= 11 is 5.09. The number of hydrogen-bond acceptors (Lipinski definition) is 3. The van der Waals surface area contributed by atoms with Crippen LogP contribution in [0.2, 0.25) is 0 Å². The first-order valence-corrected chi connectivity index (χ1v) is 7.30. The van der Waals surface area contributed by atoms with E-state index in [-0.39, 0.29) is 0 Å². The van der Waals surface area contributed by atoms with E-state index in [2.05, 4.69) is 15.9 Å². The van der Waals surface area contributed by atoms with Crippen LogP contribution in [0.3, 0.4) is 0 Å². The lowest BCUT2D eigenvalue weighted by molar-refractivity contribution is 0.178. The number of hydrogen-bond donors (Lipinski definition) is 1. The molecule has 0 spiro atoms. The summed E-state index contributed by atoms with van der Waals surface area (Å²) in [6.45, 7) is 0.605. The van der Waals surface area contributed by atoms with Crippen LogP contribution >= 0.6 is 27.3 Å². The molecule has 1 aromatic carbocycles. The third-order valence-electron chi connectivity index (χ3n) is 2.70. The van der Waals surface area contributed by atoms with E-state index in [4.69, 9.17) is 4.74 Å². The average molecular weight is 327 g/mol. The average Bonchev–Trinajstić information content (AvgIpc) is 2.76. The maximum Gasteiger partial charge on any atom is 0.0838 e. The van der Waals surface area contributed by atoms with Crippen molar-refractivity contribution >= 4 is 27.3 Å². The van der Waals surface area contributed by atoms with Gasteiger partial charge in [-0.1, -0.05) is 24.3 Å². The molecule has 96 valence electrons. The number of ether oxygens (including phenoxy) is 1. The van der Waals surface area contributed by atoms with Crippen LogP contribution < -0.4 is 0 Å². The Bertz CT molecular complexity index is 493. The summed E-state index contributed by atoms with van der Waals surface area (Å²) in [7, 11) is 1.68. The minimum Gasteiger partial charge on any atom is -0.388 e. The highest BCUT2D eigenvalue weighted by Gasteiger charge is 2.10. The Morgan fingerprint density at radius 2 is 1.94 bits per heavy atom. The van der Waals surface area contributed by atoms with Gasteiger partial charge in [-0.05, 0) is 39.2 Å². The molecule has 2 nitrogen and oxygen atoms in total. The fourth-order valence-electron chi connectivity index (χ4n) is 1.77. The topological polar surface area (TPSA) is 29.5 Å². The normalized spacial score (nSPS) is 12.6. The first kappa shape index (κ1) is 13.7. The molecule has 1 aromatic heterocycles. The molecule has 1 N–H and O–H groups in total. The van der Waals surface area contributed by atoms with Crippen LogP contribution in [0.15, 0.2) is 40.2 Å². The number of thiophene rings is 1. The largest absolute Gasteiger partial charge is 0.388 e. The number of aliphatic hydroxyl groups excluding tert-OH is 1. The molecule has 0 bridgehead atoms. The van der Waals surface area contributed by atoms with Crippen LogP contribution in [-0.4, -0.2) is 12.2 Å². The van der Waals surface area contributed by atoms with Crippen LogP contribution in [0.25, 0.3) is 0 Å². The van der Waals surface area contributed by atoms with Gasteiger partial charge >= 0.3 is 0 Å². The highest BCUT2D eigenvalue weighted by molar-refractivity contribution is 9.11. The molecule has 1 atom stereocenters. The lowest BCUT2D eigenvalue weighted by Gasteiger charge is -2.10. The van der Waals surface area contributed by atoms with Crippen LogP contribution in [0, 0.1) is 0 Å². The van der Waals surface area contributed by atoms with Crippen molar-refractivity contribution in [1.29, 1.82) is 0 Å². The second-order valence-electron chi connectivity index (χ2n) is 4.10. The number of benzene rings is 1. The van der Waals surface area contributed by atoms with Gasteiger partial charge in [0.15, 0.2) is 0 Å². The molecule has 0 aliphatic rings. The molecule has 0 aliphatic carbocycles. The Morgan fingerprint density at radius 1 is 1.22 bits per heavy atom. The fraction of sp³-hybridized carbons (Fsp3) is 0.286. The molecule has 2 rings (SSSR count). The second kappa shape index (κ2) is 6.48. The van der Waals surface area contributed by atoms with Gasteiger partial charge in [-0.2, -0.15) is 0 Å². The van der Waals surface area contributed by atoms with E-state index in [1.54, 1.807) is 18.4 Å². The maximum absolute atomic E-state index is 10.2. The van der Waals surface area contributed by atoms with Crippen molar-refractivity contribution in [1.82, 2.24) is 0 Å². The van der Waals surface area contributed by atoms with Crippen molar-refractivity contribution in [2.24, 2.45) is 0 Å². The summed E-state index contributed by atoms with van der Waals surface area (Å²) in [6, 6.07) is 12.0. The Morgan fingerprint density at radius 3 is 2.50 bits per heavy atom. The fourth-order valence-corrected chi connectivity index (χ4v) is 3.29. The zero-order valence-corrected chi connectivity index (χ0v) is 12.5. The predicted octanol–water partition coefficient (Wildman–Crippen LogP) is 3.93. The molecule has 0 saturated carbocycles. The van der Waals surface area contributed by atoms with Crippen LogP contribution in [0.1, 0.15) is 22.1 Å². The molecule has 0 amide bonds. The first-order valence-electron chi connectivity index (χ1n) is 5.69. The Balaban J connectivity index is 2.02. The van der Waals surface area contributed by atoms with E-state index in [1.807, 2.05) is 36.4 Å². The number of aliphatic hydroxyl groups is 1. The van der Waals surface area contributed by atoms with Crippen LogP contribution in [-0.2, 0) is 17.8 Å². The van der Waals surface area contributed by atoms with Crippen molar-refractivity contribution in [3.63, 3.8) is 0 Å². The predicted molar refractivity (Wildman–Crippen MR) is 77.8 cm³/mol. The molecule has 1 heterocycles. The van der Waals surface area contributed by atoms with Gasteiger partial charge in [0.25, 0.3) is 0 Å². The van der Waals surface area contributed by atoms with E-state index in [1.165, 1.54) is 4.88 Å². The minimum atomic E-state index is -0.452. The number of rotatable bonds is 5. The number of halogens is 1. The summed E-state index contributed by atoms with van der Waals surface area (Å²) < 4.78 is 6.16. The van der Waals surface area contributed by atoms with Crippen molar-refractivity contribution < 1.29 is 9.84 Å². The zero-order chi connectivity index (χ0) is 13.0. The van der Waals surface area contributed by atoms with Crippen molar-refractivity contribution in [2.45, 2.75) is 19.1 Å². The molecule has 18 heavy (non-hydrogen) atoms. The summed E-state index contributed by atoms with van der Waals surface area (Å²) in [6.07, 6.45) is 0.201. The SMILES string of the molecule is COCc1ccc(C(O)Cc2ccc(Br)s2)cc1. The van der Waals surface area contributed by atoms with Crippen molar-refractivity contribution in [3.05, 3.63) is 56.2 Å².